The van der Waals surface area contributed by atoms with Gasteiger partial charge in [-0.05, 0) is 12.1 Å². The van der Waals surface area contributed by atoms with E-state index in [4.69, 9.17) is 5.11 Å². The van der Waals surface area contributed by atoms with Gasteiger partial charge in [0.15, 0.2) is 0 Å². The quantitative estimate of drug-likeness (QED) is 0.565. The van der Waals surface area contributed by atoms with Crippen molar-refractivity contribution in [2.24, 2.45) is 0 Å². The van der Waals surface area contributed by atoms with Crippen molar-refractivity contribution >= 4 is 0 Å². The van der Waals surface area contributed by atoms with Gasteiger partial charge in [-0.1, -0.05) is 18.2 Å². The Labute approximate surface area is 58.8 Å². The van der Waals surface area contributed by atoms with Gasteiger partial charge in [-0.3, -0.25) is 0 Å². The van der Waals surface area contributed by atoms with Crippen molar-refractivity contribution in [3.63, 3.8) is 0 Å². The fourth-order valence-corrected chi connectivity index (χ4v) is 0.428. The number of para-hydroxylation sites is 1. The first-order chi connectivity index (χ1) is 3.39. The SMILES string of the molecule is Oc1ccccc1.[Cu+]. The first kappa shape index (κ1) is 7.54. The summed E-state index contributed by atoms with van der Waals surface area (Å²) in [4.78, 5) is 0. The normalized spacial score (nSPS) is 7.50. The first-order valence-corrected chi connectivity index (χ1v) is 2.13. The third kappa shape index (κ3) is 2.01. The van der Waals surface area contributed by atoms with Crippen LogP contribution in [0.1, 0.15) is 0 Å². The van der Waals surface area contributed by atoms with Crippen LogP contribution in [0, 0.1) is 0 Å². The van der Waals surface area contributed by atoms with Crippen molar-refractivity contribution < 1.29 is 22.2 Å². The van der Waals surface area contributed by atoms with Crippen LogP contribution < -0.4 is 0 Å². The molecular formula is C6H6CuO+. The Bertz CT molecular complexity index is 138. The number of aromatic hydroxyl groups is 1. The molecular weight excluding hydrogens is 152 g/mol. The smallest absolute Gasteiger partial charge is 0.508 e. The number of rotatable bonds is 0. The summed E-state index contributed by atoms with van der Waals surface area (Å²) < 4.78 is 0. The summed E-state index contributed by atoms with van der Waals surface area (Å²) in [6, 6.07) is 8.71. The number of phenolic OH excluding ortho intramolecular Hbond substituents is 1. The second kappa shape index (κ2) is 3.53. The number of benzene rings is 1. The molecule has 0 saturated heterocycles. The maximum atomic E-state index is 8.63. The third-order valence-corrected chi connectivity index (χ3v) is 0.756. The van der Waals surface area contributed by atoms with Crippen molar-refractivity contribution in [3.05, 3.63) is 30.3 Å². The molecule has 46 valence electrons. The Morgan fingerprint density at radius 1 is 1.00 bits per heavy atom. The van der Waals surface area contributed by atoms with E-state index in [1.807, 2.05) is 6.07 Å². The van der Waals surface area contributed by atoms with Crippen LogP contribution in [0.4, 0.5) is 0 Å². The zero-order valence-corrected chi connectivity index (χ0v) is 5.08. The molecule has 1 aromatic carbocycles. The molecule has 0 spiro atoms. The van der Waals surface area contributed by atoms with Crippen LogP contribution >= 0.6 is 0 Å². The summed E-state index contributed by atoms with van der Waals surface area (Å²) in [6.07, 6.45) is 0. The maximum Gasteiger partial charge on any atom is 1.00 e. The van der Waals surface area contributed by atoms with Gasteiger partial charge < -0.3 is 5.11 Å². The summed E-state index contributed by atoms with van der Waals surface area (Å²) in [5.41, 5.74) is 0. The Kier molecular flexibility index (Phi) is 3.33. The van der Waals surface area contributed by atoms with Gasteiger partial charge in [-0.2, -0.15) is 0 Å². The molecule has 0 radical (unpaired) electrons. The van der Waals surface area contributed by atoms with Crippen molar-refractivity contribution in [2.75, 3.05) is 0 Å². The Balaban J connectivity index is 0.000000490. The van der Waals surface area contributed by atoms with Gasteiger partial charge in [0.2, 0.25) is 0 Å². The maximum absolute atomic E-state index is 8.63. The largest absolute Gasteiger partial charge is 1.00 e. The molecule has 0 bridgehead atoms. The van der Waals surface area contributed by atoms with Gasteiger partial charge in [0.25, 0.3) is 0 Å². The van der Waals surface area contributed by atoms with Crippen LogP contribution in [0.5, 0.6) is 5.75 Å². The van der Waals surface area contributed by atoms with Gasteiger partial charge in [-0.25, -0.2) is 0 Å². The molecule has 0 atom stereocenters. The minimum atomic E-state index is 0. The van der Waals surface area contributed by atoms with Crippen molar-refractivity contribution in [1.29, 1.82) is 0 Å². The molecule has 1 rings (SSSR count). The van der Waals surface area contributed by atoms with Gasteiger partial charge in [0.1, 0.15) is 5.75 Å². The zero-order chi connectivity index (χ0) is 5.11. The van der Waals surface area contributed by atoms with E-state index in [-0.39, 0.29) is 17.1 Å². The molecule has 8 heavy (non-hydrogen) atoms. The second-order valence-corrected chi connectivity index (χ2v) is 1.34. The Morgan fingerprint density at radius 3 is 1.75 bits per heavy atom. The Hall–Kier alpha value is -0.461. The molecule has 1 aromatic rings. The standard InChI is InChI=1S/C6H6O.Cu/c7-6-4-2-1-3-5-6;/h1-5,7H;/q;+1. The molecule has 0 amide bonds. The van der Waals surface area contributed by atoms with Crippen molar-refractivity contribution in [1.82, 2.24) is 0 Å². The van der Waals surface area contributed by atoms with Crippen LogP contribution in [-0.4, -0.2) is 5.11 Å². The van der Waals surface area contributed by atoms with Gasteiger partial charge in [-0.15, -0.1) is 0 Å². The topological polar surface area (TPSA) is 20.2 Å². The van der Waals surface area contributed by atoms with E-state index in [0.29, 0.717) is 5.75 Å². The predicted octanol–water partition coefficient (Wildman–Crippen LogP) is 1.39. The monoisotopic (exact) mass is 157 g/mol. The van der Waals surface area contributed by atoms with Crippen LogP contribution in [0.25, 0.3) is 0 Å². The summed E-state index contributed by atoms with van der Waals surface area (Å²) in [5, 5.41) is 8.63. The molecule has 0 aliphatic rings. The van der Waals surface area contributed by atoms with Crippen LogP contribution in [0.15, 0.2) is 30.3 Å². The van der Waals surface area contributed by atoms with E-state index in [9.17, 15) is 0 Å². The average molecular weight is 158 g/mol. The zero-order valence-electron chi connectivity index (χ0n) is 4.14. The van der Waals surface area contributed by atoms with E-state index in [0.717, 1.165) is 0 Å². The fraction of sp³-hybridized carbons (Fsp3) is 0. The molecule has 0 aliphatic heterocycles. The minimum Gasteiger partial charge on any atom is -0.508 e. The second-order valence-electron chi connectivity index (χ2n) is 1.34. The molecule has 0 aliphatic carbocycles. The third-order valence-electron chi connectivity index (χ3n) is 0.756. The van der Waals surface area contributed by atoms with Gasteiger partial charge in [0.05, 0.1) is 0 Å². The molecule has 0 saturated carbocycles. The summed E-state index contributed by atoms with van der Waals surface area (Å²) in [6.45, 7) is 0. The van der Waals surface area contributed by atoms with Gasteiger partial charge in [0, 0.05) is 0 Å². The predicted molar refractivity (Wildman–Crippen MR) is 28.1 cm³/mol. The summed E-state index contributed by atoms with van der Waals surface area (Å²) >= 11 is 0. The average Bonchev–Trinajstić information content (AvgIpc) is 1.69. The minimum absolute atomic E-state index is 0. The molecule has 2 heteroatoms. The molecule has 0 fully saturated rings. The van der Waals surface area contributed by atoms with E-state index in [1.165, 1.54) is 0 Å². The van der Waals surface area contributed by atoms with Crippen LogP contribution in [0.2, 0.25) is 0 Å². The molecule has 0 unspecified atom stereocenters. The molecule has 0 aromatic heterocycles. The first-order valence-electron chi connectivity index (χ1n) is 2.13. The summed E-state index contributed by atoms with van der Waals surface area (Å²) in [7, 11) is 0. The molecule has 1 nitrogen and oxygen atoms in total. The van der Waals surface area contributed by atoms with Gasteiger partial charge >= 0.3 is 17.1 Å². The van der Waals surface area contributed by atoms with E-state index < -0.39 is 0 Å². The van der Waals surface area contributed by atoms with Crippen molar-refractivity contribution in [2.45, 2.75) is 0 Å². The van der Waals surface area contributed by atoms with Crippen molar-refractivity contribution in [3.8, 4) is 5.75 Å². The number of phenols is 1. The number of hydrogen-bond donors (Lipinski definition) is 1. The molecule has 1 N–H and O–H groups in total. The molecule has 0 heterocycles. The Morgan fingerprint density at radius 2 is 1.50 bits per heavy atom. The summed E-state index contributed by atoms with van der Waals surface area (Å²) in [5.74, 6) is 0.322. The van der Waals surface area contributed by atoms with Crippen LogP contribution in [-0.2, 0) is 17.1 Å². The number of hydrogen-bond acceptors (Lipinski definition) is 1. The van der Waals surface area contributed by atoms with E-state index >= 15 is 0 Å². The van der Waals surface area contributed by atoms with E-state index in [1.54, 1.807) is 24.3 Å². The van der Waals surface area contributed by atoms with E-state index in [2.05, 4.69) is 0 Å². The van der Waals surface area contributed by atoms with Crippen LogP contribution in [0.3, 0.4) is 0 Å². The fourth-order valence-electron chi connectivity index (χ4n) is 0.428.